The van der Waals surface area contributed by atoms with E-state index in [9.17, 15) is 9.59 Å². The van der Waals surface area contributed by atoms with E-state index in [2.05, 4.69) is 10.2 Å². The maximum Gasteiger partial charge on any atom is 0.251 e. The lowest BCUT2D eigenvalue weighted by Gasteiger charge is -2.32. The monoisotopic (exact) mass is 579 g/mol. The van der Waals surface area contributed by atoms with Crippen molar-refractivity contribution in [1.82, 2.24) is 4.90 Å². The van der Waals surface area contributed by atoms with Crippen molar-refractivity contribution in [2.24, 2.45) is 0 Å². The van der Waals surface area contributed by atoms with Crippen LogP contribution in [0.15, 0.2) is 103 Å². The van der Waals surface area contributed by atoms with Gasteiger partial charge >= 0.3 is 0 Å². The Labute approximate surface area is 252 Å². The quantitative estimate of drug-likeness (QED) is 0.253. The van der Waals surface area contributed by atoms with Gasteiger partial charge in [0.05, 0.1) is 33.9 Å². The number of hydrogen-bond donors (Lipinski definition) is 1. The third-order valence-corrected chi connectivity index (χ3v) is 7.51. The minimum absolute atomic E-state index is 0.152. The van der Waals surface area contributed by atoms with E-state index in [0.29, 0.717) is 36.0 Å². The maximum atomic E-state index is 14.2. The Hall–Kier alpha value is -4.82. The zero-order valence-corrected chi connectivity index (χ0v) is 24.6. The molecule has 0 aliphatic carbocycles. The highest BCUT2D eigenvalue weighted by atomic mass is 16.5. The van der Waals surface area contributed by atoms with Crippen LogP contribution in [0.3, 0.4) is 0 Å². The van der Waals surface area contributed by atoms with Gasteiger partial charge in [-0.3, -0.25) is 9.59 Å². The molecule has 1 fully saturated rings. The fraction of sp³-hybridized carbons (Fsp3) is 0.257. The molecule has 0 bridgehead atoms. The summed E-state index contributed by atoms with van der Waals surface area (Å²) in [6.07, 6.45) is 0.152. The summed E-state index contributed by atoms with van der Waals surface area (Å²) in [5.41, 5.74) is 4.12. The Morgan fingerprint density at radius 2 is 1.51 bits per heavy atom. The van der Waals surface area contributed by atoms with E-state index in [-0.39, 0.29) is 24.8 Å². The average Bonchev–Trinajstić information content (AvgIpc) is 3.06. The first-order valence-corrected chi connectivity index (χ1v) is 14.4. The van der Waals surface area contributed by atoms with Crippen molar-refractivity contribution in [3.8, 4) is 11.5 Å². The molecule has 2 amide bonds. The summed E-state index contributed by atoms with van der Waals surface area (Å²) in [6, 6.07) is 31.3. The van der Waals surface area contributed by atoms with E-state index in [1.54, 1.807) is 19.1 Å². The lowest BCUT2D eigenvalue weighted by Crippen LogP contribution is -2.41. The van der Waals surface area contributed by atoms with Gasteiger partial charge in [0.25, 0.3) is 5.91 Å². The number of carbonyl (C=O) groups is 2. The second-order valence-corrected chi connectivity index (χ2v) is 10.3. The molecule has 8 heteroatoms. The number of rotatable bonds is 11. The van der Waals surface area contributed by atoms with Crippen LogP contribution in [-0.4, -0.2) is 57.2 Å². The van der Waals surface area contributed by atoms with Crippen LogP contribution in [0.1, 0.15) is 22.7 Å². The summed E-state index contributed by atoms with van der Waals surface area (Å²) in [7, 11) is 3.20. The van der Waals surface area contributed by atoms with Gasteiger partial charge < -0.3 is 29.3 Å². The van der Waals surface area contributed by atoms with Crippen molar-refractivity contribution in [3.63, 3.8) is 0 Å². The molecule has 1 heterocycles. The number of nitrogens with zero attached hydrogens (tertiary/aromatic N) is 2. The Balaban J connectivity index is 1.48. The van der Waals surface area contributed by atoms with E-state index >= 15 is 0 Å². The van der Waals surface area contributed by atoms with Crippen molar-refractivity contribution in [1.29, 1.82) is 0 Å². The predicted octanol–water partition coefficient (Wildman–Crippen LogP) is 5.49. The molecule has 1 N–H and O–H groups in total. The third-order valence-electron chi connectivity index (χ3n) is 7.51. The lowest BCUT2D eigenvalue weighted by atomic mass is 10.0. The van der Waals surface area contributed by atoms with Crippen LogP contribution in [0.4, 0.5) is 11.4 Å². The molecule has 5 rings (SSSR count). The Kier molecular flexibility index (Phi) is 9.92. The highest BCUT2D eigenvalue weighted by Gasteiger charge is 2.32. The fourth-order valence-electron chi connectivity index (χ4n) is 5.20. The van der Waals surface area contributed by atoms with Gasteiger partial charge in [-0.25, -0.2) is 0 Å². The van der Waals surface area contributed by atoms with Gasteiger partial charge in [0.15, 0.2) is 0 Å². The number of hydrogen-bond acceptors (Lipinski definition) is 6. The van der Waals surface area contributed by atoms with Crippen molar-refractivity contribution < 1.29 is 23.8 Å². The zero-order chi connectivity index (χ0) is 30.0. The minimum Gasteiger partial charge on any atom is -0.497 e. The summed E-state index contributed by atoms with van der Waals surface area (Å²) < 4.78 is 16.3. The van der Waals surface area contributed by atoms with Crippen LogP contribution < -0.4 is 19.7 Å². The van der Waals surface area contributed by atoms with Gasteiger partial charge in [-0.15, -0.1) is 0 Å². The first kappa shape index (κ1) is 29.7. The summed E-state index contributed by atoms with van der Waals surface area (Å²) in [4.78, 5) is 32.2. The molecule has 43 heavy (non-hydrogen) atoms. The standard InChI is InChI=1S/C35H37N3O5/c1-41-31-17-11-27(12-18-31)25-38(33(39)23-26-7-4-3-5-8-26)34(28-9-6-10-32(24-28)42-2)35(40)36-29-13-15-30(16-14-29)37-19-21-43-22-20-37/h3-18,24,34H,19-23,25H2,1-2H3,(H,36,40). The Bertz CT molecular complexity index is 1490. The molecular formula is C35H37N3O5. The summed E-state index contributed by atoms with van der Waals surface area (Å²) >= 11 is 0. The van der Waals surface area contributed by atoms with E-state index in [4.69, 9.17) is 14.2 Å². The molecular weight excluding hydrogens is 542 g/mol. The third kappa shape index (κ3) is 7.72. The molecule has 1 aliphatic heterocycles. The SMILES string of the molecule is COc1ccc(CN(C(=O)Cc2ccccc2)C(C(=O)Nc2ccc(N3CCOCC3)cc2)c2cccc(OC)c2)cc1. The predicted molar refractivity (Wildman–Crippen MR) is 168 cm³/mol. The highest BCUT2D eigenvalue weighted by molar-refractivity contribution is 5.98. The molecule has 4 aromatic rings. The molecule has 222 valence electrons. The molecule has 1 unspecified atom stereocenters. The molecule has 1 saturated heterocycles. The number of anilines is 2. The number of benzene rings is 4. The summed E-state index contributed by atoms with van der Waals surface area (Å²) in [6.45, 7) is 3.27. The van der Waals surface area contributed by atoms with Gasteiger partial charge in [0, 0.05) is 31.0 Å². The number of amides is 2. The fourth-order valence-corrected chi connectivity index (χ4v) is 5.20. The van der Waals surface area contributed by atoms with Gasteiger partial charge in [-0.05, 0) is 65.2 Å². The van der Waals surface area contributed by atoms with Gasteiger partial charge in [-0.1, -0.05) is 54.6 Å². The van der Waals surface area contributed by atoms with Crippen molar-refractivity contribution in [3.05, 3.63) is 120 Å². The van der Waals surface area contributed by atoms with Gasteiger partial charge in [0.2, 0.25) is 5.91 Å². The Morgan fingerprint density at radius 1 is 0.814 bits per heavy atom. The molecule has 4 aromatic carbocycles. The van der Waals surface area contributed by atoms with Crippen LogP contribution >= 0.6 is 0 Å². The Morgan fingerprint density at radius 3 is 2.19 bits per heavy atom. The summed E-state index contributed by atoms with van der Waals surface area (Å²) in [5.74, 6) is 0.827. The van der Waals surface area contributed by atoms with Crippen LogP contribution in [0, 0.1) is 0 Å². The average molecular weight is 580 g/mol. The van der Waals surface area contributed by atoms with Crippen molar-refractivity contribution in [2.75, 3.05) is 50.7 Å². The van der Waals surface area contributed by atoms with Gasteiger partial charge in [0.1, 0.15) is 17.5 Å². The van der Waals surface area contributed by atoms with E-state index in [1.165, 1.54) is 0 Å². The van der Waals surface area contributed by atoms with Crippen molar-refractivity contribution >= 4 is 23.2 Å². The summed E-state index contributed by atoms with van der Waals surface area (Å²) in [5, 5.41) is 3.07. The number of nitrogens with one attached hydrogen (secondary N) is 1. The first-order chi connectivity index (χ1) is 21.0. The normalized spacial score (nSPS) is 13.6. The first-order valence-electron chi connectivity index (χ1n) is 14.4. The molecule has 1 atom stereocenters. The maximum absolute atomic E-state index is 14.2. The van der Waals surface area contributed by atoms with E-state index < -0.39 is 6.04 Å². The smallest absolute Gasteiger partial charge is 0.251 e. The highest BCUT2D eigenvalue weighted by Crippen LogP contribution is 2.30. The number of ether oxygens (including phenoxy) is 3. The molecule has 0 saturated carbocycles. The minimum atomic E-state index is -0.924. The number of morpholine rings is 1. The van der Waals surface area contributed by atoms with Crippen LogP contribution in [-0.2, 0) is 27.3 Å². The number of carbonyl (C=O) groups excluding carboxylic acids is 2. The molecule has 1 aliphatic rings. The van der Waals surface area contributed by atoms with Crippen molar-refractivity contribution in [2.45, 2.75) is 19.0 Å². The van der Waals surface area contributed by atoms with Crippen LogP contribution in [0.25, 0.3) is 0 Å². The second kappa shape index (κ2) is 14.4. The van der Waals surface area contributed by atoms with Gasteiger partial charge in [-0.2, -0.15) is 0 Å². The molecule has 0 radical (unpaired) electrons. The van der Waals surface area contributed by atoms with Crippen LogP contribution in [0.2, 0.25) is 0 Å². The van der Waals surface area contributed by atoms with E-state index in [0.717, 1.165) is 29.9 Å². The molecule has 0 aromatic heterocycles. The number of methoxy groups -OCH3 is 2. The molecule has 8 nitrogen and oxygen atoms in total. The van der Waals surface area contributed by atoms with Crippen LogP contribution in [0.5, 0.6) is 11.5 Å². The lowest BCUT2D eigenvalue weighted by molar-refractivity contribution is -0.139. The zero-order valence-electron chi connectivity index (χ0n) is 24.6. The molecule has 0 spiro atoms. The topological polar surface area (TPSA) is 80.3 Å². The van der Waals surface area contributed by atoms with E-state index in [1.807, 2.05) is 103 Å². The second-order valence-electron chi connectivity index (χ2n) is 10.3. The largest absolute Gasteiger partial charge is 0.497 e.